The molecule has 1 fully saturated rings. The van der Waals surface area contributed by atoms with Crippen molar-refractivity contribution in [3.05, 3.63) is 107 Å². The highest BCUT2D eigenvalue weighted by Gasteiger charge is 2.54. The van der Waals surface area contributed by atoms with Crippen LogP contribution in [0.4, 0.5) is 10.5 Å². The summed E-state index contributed by atoms with van der Waals surface area (Å²) >= 11 is 4.93. The lowest BCUT2D eigenvalue weighted by atomic mass is 10.0. The molecule has 11 nitrogen and oxygen atoms in total. The molecule has 2 aliphatic rings. The first-order chi connectivity index (χ1) is 23.9. The van der Waals surface area contributed by atoms with Crippen molar-refractivity contribution in [1.82, 2.24) is 15.5 Å². The van der Waals surface area contributed by atoms with Gasteiger partial charge in [0.2, 0.25) is 11.8 Å². The number of alkyl carbamates (subject to hydrolysis) is 1. The summed E-state index contributed by atoms with van der Waals surface area (Å²) < 4.78 is 11.8. The number of amides is 4. The first-order valence-electron chi connectivity index (χ1n) is 15.8. The van der Waals surface area contributed by atoms with Crippen molar-refractivity contribution in [2.75, 3.05) is 27.8 Å². The van der Waals surface area contributed by atoms with Crippen LogP contribution in [0.15, 0.2) is 101 Å². The number of carbonyl (C=O) groups is 5. The molecule has 0 spiro atoms. The van der Waals surface area contributed by atoms with Crippen molar-refractivity contribution in [2.24, 2.45) is 0 Å². The van der Waals surface area contributed by atoms with Crippen molar-refractivity contribution in [3.8, 4) is 0 Å². The van der Waals surface area contributed by atoms with E-state index >= 15 is 0 Å². The van der Waals surface area contributed by atoms with Crippen LogP contribution in [0.3, 0.4) is 0 Å². The van der Waals surface area contributed by atoms with E-state index < -0.39 is 47.0 Å². The molecule has 2 unspecified atom stereocenters. The van der Waals surface area contributed by atoms with E-state index in [0.717, 1.165) is 16.0 Å². The maximum atomic E-state index is 14.2. The smallest absolute Gasteiger partial charge is 0.408 e. The molecule has 1 saturated heterocycles. The molecule has 2 aliphatic heterocycles. The molecule has 5 rings (SSSR count). The number of rotatable bonds is 12. The van der Waals surface area contributed by atoms with Crippen molar-refractivity contribution in [3.63, 3.8) is 0 Å². The number of esters is 1. The quantitative estimate of drug-likeness (QED) is 0.0693. The molecule has 4 amide bonds. The topological polar surface area (TPSA) is 143 Å². The Morgan fingerprint density at radius 3 is 2.14 bits per heavy atom. The van der Waals surface area contributed by atoms with Gasteiger partial charge in [-0.05, 0) is 61.7 Å². The minimum Gasteiger partial charge on any atom is -0.448 e. The number of nitrogens with zero attached hydrogens (tertiary/aromatic N) is 1. The van der Waals surface area contributed by atoms with Crippen LogP contribution in [0.25, 0.3) is 0 Å². The third-order valence-corrected chi connectivity index (χ3v) is 10.6. The van der Waals surface area contributed by atoms with Gasteiger partial charge in [0.05, 0.1) is 4.43 Å². The molecule has 0 bridgehead atoms. The summed E-state index contributed by atoms with van der Waals surface area (Å²) in [4.78, 5) is 66.8. The minimum absolute atomic E-state index is 0.0922. The lowest BCUT2D eigenvalue weighted by molar-refractivity contribution is -0.154. The fraction of sp³-hybridized carbons (Fsp3) is 0.306. The van der Waals surface area contributed by atoms with Gasteiger partial charge in [0.1, 0.15) is 29.3 Å². The van der Waals surface area contributed by atoms with E-state index in [1.165, 1.54) is 28.4 Å². The Morgan fingerprint density at radius 1 is 0.940 bits per heavy atom. The molecular formula is C36H37IN4O7S2. The van der Waals surface area contributed by atoms with Crippen molar-refractivity contribution in [2.45, 2.75) is 48.8 Å². The third-order valence-electron chi connectivity index (χ3n) is 7.45. The number of nitrogens with one attached hydrogen (secondary N) is 3. The number of hydrogen-bond donors (Lipinski definition) is 3. The van der Waals surface area contributed by atoms with Crippen molar-refractivity contribution < 1.29 is 33.4 Å². The van der Waals surface area contributed by atoms with Gasteiger partial charge in [-0.1, -0.05) is 83.3 Å². The first-order valence-corrected chi connectivity index (χ1v) is 19.3. The highest BCUT2D eigenvalue weighted by molar-refractivity contribution is 14.1. The SMILES string of the molecule is CC(C)(C)OC(=O)NCC(=O)NC1C(=O)N2C(C(=O)OC(c3ccccc3)c3ccccc3)=C(CSc3ccc(NC(=O)CI)cc3)CSC12. The lowest BCUT2D eigenvalue weighted by Crippen LogP contribution is -2.71. The molecular weight excluding hydrogens is 791 g/mol. The van der Waals surface area contributed by atoms with E-state index in [4.69, 9.17) is 9.47 Å². The number of alkyl halides is 1. The monoisotopic (exact) mass is 828 g/mol. The lowest BCUT2D eigenvalue weighted by Gasteiger charge is -2.49. The third kappa shape index (κ3) is 9.60. The summed E-state index contributed by atoms with van der Waals surface area (Å²) in [5.74, 6) is -0.940. The normalized spacial score (nSPS) is 17.0. The number of fused-ring (bicyclic) bond motifs is 1. The Morgan fingerprint density at radius 2 is 1.56 bits per heavy atom. The number of thioether (sulfide) groups is 2. The van der Waals surface area contributed by atoms with Crippen LogP contribution >= 0.6 is 46.1 Å². The van der Waals surface area contributed by atoms with Gasteiger partial charge < -0.3 is 25.4 Å². The molecule has 3 N–H and O–H groups in total. The van der Waals surface area contributed by atoms with E-state index in [9.17, 15) is 24.0 Å². The van der Waals surface area contributed by atoms with Gasteiger partial charge in [-0.15, -0.1) is 23.5 Å². The Balaban J connectivity index is 1.36. The van der Waals surface area contributed by atoms with Crippen LogP contribution in [-0.2, 0) is 28.7 Å². The highest BCUT2D eigenvalue weighted by Crippen LogP contribution is 2.43. The Labute approximate surface area is 312 Å². The van der Waals surface area contributed by atoms with Crippen LogP contribution in [0, 0.1) is 0 Å². The second-order valence-corrected chi connectivity index (χ2v) is 15.3. The molecule has 2 heterocycles. The fourth-order valence-electron chi connectivity index (χ4n) is 5.22. The Bertz CT molecular complexity index is 1710. The fourth-order valence-corrected chi connectivity index (χ4v) is 7.79. The molecule has 3 aromatic carbocycles. The van der Waals surface area contributed by atoms with Crippen LogP contribution in [-0.4, -0.2) is 74.2 Å². The zero-order valence-electron chi connectivity index (χ0n) is 27.6. The summed E-state index contributed by atoms with van der Waals surface area (Å²) in [5, 5.41) is 7.38. The molecule has 14 heteroatoms. The van der Waals surface area contributed by atoms with Crippen molar-refractivity contribution in [1.29, 1.82) is 0 Å². The maximum absolute atomic E-state index is 14.2. The van der Waals surface area contributed by atoms with Gasteiger partial charge >= 0.3 is 12.1 Å². The van der Waals surface area contributed by atoms with Crippen LogP contribution in [0.5, 0.6) is 0 Å². The summed E-state index contributed by atoms with van der Waals surface area (Å²) in [6, 6.07) is 25.3. The van der Waals surface area contributed by atoms with E-state index in [-0.39, 0.29) is 18.1 Å². The number of hydrogen-bond acceptors (Lipinski definition) is 9. The van der Waals surface area contributed by atoms with Crippen LogP contribution in [0.1, 0.15) is 38.0 Å². The van der Waals surface area contributed by atoms with Gasteiger partial charge in [0.15, 0.2) is 6.10 Å². The number of carbonyl (C=O) groups excluding carboxylic acids is 5. The molecule has 50 heavy (non-hydrogen) atoms. The number of anilines is 1. The molecule has 0 aliphatic carbocycles. The summed E-state index contributed by atoms with van der Waals surface area (Å²) in [5.41, 5.74) is 2.38. The zero-order valence-corrected chi connectivity index (χ0v) is 31.4. The predicted molar refractivity (Wildman–Crippen MR) is 202 cm³/mol. The van der Waals surface area contributed by atoms with Crippen LogP contribution < -0.4 is 16.0 Å². The Kier molecular flexibility index (Phi) is 12.5. The number of ether oxygens (including phenoxy) is 2. The number of benzene rings is 3. The molecule has 0 radical (unpaired) electrons. The maximum Gasteiger partial charge on any atom is 0.408 e. The summed E-state index contributed by atoms with van der Waals surface area (Å²) in [6.45, 7) is 4.76. The largest absolute Gasteiger partial charge is 0.448 e. The van der Waals surface area contributed by atoms with Crippen molar-refractivity contribution >= 4 is 81.6 Å². The van der Waals surface area contributed by atoms with E-state index in [0.29, 0.717) is 27.2 Å². The Hall–Kier alpha value is -4.02. The second-order valence-electron chi connectivity index (χ2n) is 12.4. The average molecular weight is 829 g/mol. The van der Waals surface area contributed by atoms with E-state index in [2.05, 4.69) is 16.0 Å². The van der Waals surface area contributed by atoms with E-state index in [1.54, 1.807) is 20.8 Å². The van der Waals surface area contributed by atoms with E-state index in [1.807, 2.05) is 108 Å². The minimum atomic E-state index is -0.894. The average Bonchev–Trinajstić information content (AvgIpc) is 3.11. The molecule has 3 aromatic rings. The van der Waals surface area contributed by atoms with Crippen LogP contribution in [0.2, 0.25) is 0 Å². The number of β-lactam (4-membered cyclic amide) rings is 1. The zero-order chi connectivity index (χ0) is 35.8. The summed E-state index contributed by atoms with van der Waals surface area (Å²) in [7, 11) is 0. The van der Waals surface area contributed by atoms with Gasteiger partial charge in [-0.3, -0.25) is 19.3 Å². The van der Waals surface area contributed by atoms with Gasteiger partial charge in [-0.25, -0.2) is 9.59 Å². The van der Waals surface area contributed by atoms with Gasteiger partial charge in [0, 0.05) is 22.1 Å². The molecule has 262 valence electrons. The second kappa shape index (κ2) is 16.8. The number of halogens is 1. The van der Waals surface area contributed by atoms with Gasteiger partial charge in [0.25, 0.3) is 5.91 Å². The van der Waals surface area contributed by atoms with Gasteiger partial charge in [-0.2, -0.15) is 0 Å². The molecule has 0 aromatic heterocycles. The molecule has 2 atom stereocenters. The molecule has 0 saturated carbocycles. The standard InChI is InChI=1S/C36H37IN4O7S2/c1-36(2,3)48-35(46)38-19-28(43)40-29-32(44)41-30(34(45)47-31(22-10-6-4-7-11-22)23-12-8-5-9-13-23)24(21-50-33(29)41)20-49-26-16-14-25(15-17-26)39-27(42)18-37/h4-17,29,31,33H,18-21H2,1-3H3,(H,38,46)(H,39,42)(H,40,43). The highest BCUT2D eigenvalue weighted by atomic mass is 127. The predicted octanol–water partition coefficient (Wildman–Crippen LogP) is 5.66. The first kappa shape index (κ1) is 37.2. The summed E-state index contributed by atoms with van der Waals surface area (Å²) in [6.07, 6.45) is -1.47.